The summed E-state index contributed by atoms with van der Waals surface area (Å²) in [5.74, 6) is -2.78. The van der Waals surface area contributed by atoms with Gasteiger partial charge in [0.2, 0.25) is 0 Å². The van der Waals surface area contributed by atoms with Crippen molar-refractivity contribution in [1.82, 2.24) is 5.32 Å². The Morgan fingerprint density at radius 2 is 2.06 bits per heavy atom. The number of carboxylic acids is 1. The quantitative estimate of drug-likeness (QED) is 0.551. The number of hydrogen-bond acceptors (Lipinski definition) is 3. The Morgan fingerprint density at radius 1 is 1.31 bits per heavy atom. The van der Waals surface area contributed by atoms with Gasteiger partial charge in [0.25, 0.3) is 11.7 Å². The largest absolute Gasteiger partial charge is 0.475 e. The summed E-state index contributed by atoms with van der Waals surface area (Å²) in [5.41, 5.74) is 1.26. The van der Waals surface area contributed by atoms with Crippen molar-refractivity contribution in [2.24, 2.45) is 0 Å². The summed E-state index contributed by atoms with van der Waals surface area (Å²) < 4.78 is 0. The molecule has 0 saturated carbocycles. The van der Waals surface area contributed by atoms with E-state index >= 15 is 0 Å². The molecule has 0 unspecified atom stereocenters. The first-order valence-corrected chi connectivity index (χ1v) is 4.78. The van der Waals surface area contributed by atoms with Crippen molar-refractivity contribution < 1.29 is 19.5 Å². The van der Waals surface area contributed by atoms with Crippen LogP contribution >= 0.6 is 0 Å². The van der Waals surface area contributed by atoms with Crippen LogP contribution in [0, 0.1) is 0 Å². The molecule has 1 aliphatic rings. The van der Waals surface area contributed by atoms with E-state index < -0.39 is 11.8 Å². The number of hydrogen-bond donors (Lipinski definition) is 2. The SMILES string of the molecule is O=C(O)C(=O)c1ccc2c(c1)C(=O)NCC2. The monoisotopic (exact) mass is 219 g/mol. The Labute approximate surface area is 91.1 Å². The van der Waals surface area contributed by atoms with Crippen LogP contribution in [0.3, 0.4) is 0 Å². The van der Waals surface area contributed by atoms with E-state index in [2.05, 4.69) is 5.32 Å². The van der Waals surface area contributed by atoms with E-state index in [1.54, 1.807) is 6.07 Å². The maximum absolute atomic E-state index is 11.5. The lowest BCUT2D eigenvalue weighted by Gasteiger charge is -2.16. The Bertz CT molecular complexity index is 493. The lowest BCUT2D eigenvalue weighted by Crippen LogP contribution is -2.32. The molecule has 0 spiro atoms. The number of Topliss-reactive ketones (excluding diaryl/α,β-unsaturated/α-hetero) is 1. The predicted molar refractivity (Wildman–Crippen MR) is 54.4 cm³/mol. The van der Waals surface area contributed by atoms with Crippen LogP contribution in [0.15, 0.2) is 18.2 Å². The Hall–Kier alpha value is -2.17. The highest BCUT2D eigenvalue weighted by atomic mass is 16.4. The predicted octanol–water partition coefficient (Wildman–Crippen LogP) is 0.240. The Morgan fingerprint density at radius 3 is 2.75 bits per heavy atom. The molecule has 5 heteroatoms. The molecule has 0 fully saturated rings. The van der Waals surface area contributed by atoms with Gasteiger partial charge < -0.3 is 10.4 Å². The molecule has 0 atom stereocenters. The lowest BCUT2D eigenvalue weighted by molar-refractivity contribution is -0.131. The molecule has 82 valence electrons. The van der Waals surface area contributed by atoms with E-state index in [1.807, 2.05) is 0 Å². The Kier molecular flexibility index (Phi) is 2.44. The van der Waals surface area contributed by atoms with Crippen molar-refractivity contribution in [3.63, 3.8) is 0 Å². The lowest BCUT2D eigenvalue weighted by atomic mass is 9.96. The van der Waals surface area contributed by atoms with Crippen molar-refractivity contribution in [1.29, 1.82) is 0 Å². The Balaban J connectivity index is 2.45. The van der Waals surface area contributed by atoms with E-state index in [0.29, 0.717) is 18.5 Å². The number of ketones is 1. The highest BCUT2D eigenvalue weighted by Gasteiger charge is 2.20. The zero-order valence-corrected chi connectivity index (χ0v) is 8.32. The summed E-state index contributed by atoms with van der Waals surface area (Å²) in [6, 6.07) is 4.40. The standard InChI is InChI=1S/C11H9NO4/c13-9(11(15)16)7-2-1-6-3-4-12-10(14)8(6)5-7/h1-2,5H,3-4H2,(H,12,14)(H,15,16). The molecule has 0 radical (unpaired) electrons. The maximum atomic E-state index is 11.5. The van der Waals surface area contributed by atoms with E-state index in [0.717, 1.165) is 5.56 Å². The fourth-order valence-electron chi connectivity index (χ4n) is 1.68. The number of fused-ring (bicyclic) bond motifs is 1. The van der Waals surface area contributed by atoms with Crippen molar-refractivity contribution in [3.8, 4) is 0 Å². The fraction of sp³-hybridized carbons (Fsp3) is 0.182. The van der Waals surface area contributed by atoms with Gasteiger partial charge in [-0.15, -0.1) is 0 Å². The first kappa shape index (κ1) is 10.4. The van der Waals surface area contributed by atoms with Gasteiger partial charge in [-0.05, 0) is 18.1 Å². The number of benzene rings is 1. The summed E-state index contributed by atoms with van der Waals surface area (Å²) in [5, 5.41) is 11.2. The molecule has 16 heavy (non-hydrogen) atoms. The normalized spacial score (nSPS) is 13.9. The van der Waals surface area contributed by atoms with E-state index in [-0.39, 0.29) is 11.5 Å². The van der Waals surface area contributed by atoms with Crippen LogP contribution in [0.1, 0.15) is 26.3 Å². The molecule has 0 aromatic heterocycles. The number of carboxylic acid groups (broad SMARTS) is 1. The number of nitrogens with one attached hydrogen (secondary N) is 1. The minimum Gasteiger partial charge on any atom is -0.475 e. The summed E-state index contributed by atoms with van der Waals surface area (Å²) >= 11 is 0. The zero-order valence-electron chi connectivity index (χ0n) is 8.32. The molecule has 1 heterocycles. The van der Waals surface area contributed by atoms with E-state index in [9.17, 15) is 14.4 Å². The third kappa shape index (κ3) is 1.67. The summed E-state index contributed by atoms with van der Waals surface area (Å²) in [6.45, 7) is 0.568. The third-order valence-electron chi connectivity index (χ3n) is 2.49. The van der Waals surface area contributed by atoms with Crippen LogP contribution in [0.2, 0.25) is 0 Å². The topological polar surface area (TPSA) is 83.5 Å². The van der Waals surface area contributed by atoms with Gasteiger partial charge in [0.1, 0.15) is 0 Å². The molecule has 0 bridgehead atoms. The van der Waals surface area contributed by atoms with Crippen LogP contribution in [-0.4, -0.2) is 29.3 Å². The van der Waals surface area contributed by atoms with Gasteiger partial charge in [0, 0.05) is 17.7 Å². The highest BCUT2D eigenvalue weighted by Crippen LogP contribution is 2.16. The first-order valence-electron chi connectivity index (χ1n) is 4.78. The molecular weight excluding hydrogens is 210 g/mol. The van der Waals surface area contributed by atoms with E-state index in [4.69, 9.17) is 5.11 Å². The van der Waals surface area contributed by atoms with Crippen molar-refractivity contribution in [2.75, 3.05) is 6.54 Å². The third-order valence-corrected chi connectivity index (χ3v) is 2.49. The van der Waals surface area contributed by atoms with Crippen LogP contribution < -0.4 is 5.32 Å². The smallest absolute Gasteiger partial charge is 0.377 e. The molecule has 0 aliphatic carbocycles. The number of amides is 1. The van der Waals surface area contributed by atoms with Gasteiger partial charge >= 0.3 is 5.97 Å². The molecule has 0 saturated heterocycles. The molecule has 1 amide bonds. The minimum atomic E-state index is -1.52. The van der Waals surface area contributed by atoms with Crippen LogP contribution in [-0.2, 0) is 11.2 Å². The maximum Gasteiger partial charge on any atom is 0.377 e. The molecule has 2 rings (SSSR count). The highest BCUT2D eigenvalue weighted by molar-refractivity contribution is 6.40. The molecular formula is C11H9NO4. The summed E-state index contributed by atoms with van der Waals surface area (Å²) in [4.78, 5) is 33.2. The minimum absolute atomic E-state index is 0.0308. The number of rotatable bonds is 2. The van der Waals surface area contributed by atoms with Gasteiger partial charge in [-0.2, -0.15) is 0 Å². The molecule has 1 aromatic rings. The molecule has 2 N–H and O–H groups in total. The van der Waals surface area contributed by atoms with Gasteiger partial charge in [0.15, 0.2) is 0 Å². The second-order valence-corrected chi connectivity index (χ2v) is 3.51. The van der Waals surface area contributed by atoms with Crippen LogP contribution in [0.4, 0.5) is 0 Å². The van der Waals surface area contributed by atoms with Crippen molar-refractivity contribution in [2.45, 2.75) is 6.42 Å². The molecule has 1 aromatic carbocycles. The van der Waals surface area contributed by atoms with Gasteiger partial charge in [-0.3, -0.25) is 9.59 Å². The average molecular weight is 219 g/mol. The van der Waals surface area contributed by atoms with E-state index in [1.165, 1.54) is 12.1 Å². The summed E-state index contributed by atoms with van der Waals surface area (Å²) in [7, 11) is 0. The van der Waals surface area contributed by atoms with Crippen LogP contribution in [0.5, 0.6) is 0 Å². The zero-order chi connectivity index (χ0) is 11.7. The van der Waals surface area contributed by atoms with Gasteiger partial charge in [0.05, 0.1) is 0 Å². The van der Waals surface area contributed by atoms with Gasteiger partial charge in [-0.1, -0.05) is 12.1 Å². The first-order chi connectivity index (χ1) is 7.59. The average Bonchev–Trinajstić information content (AvgIpc) is 2.28. The van der Waals surface area contributed by atoms with Crippen molar-refractivity contribution in [3.05, 3.63) is 34.9 Å². The number of aliphatic carboxylic acids is 1. The summed E-state index contributed by atoms with van der Waals surface area (Å²) in [6.07, 6.45) is 0.697. The fourth-order valence-corrected chi connectivity index (χ4v) is 1.68. The molecule has 5 nitrogen and oxygen atoms in total. The second-order valence-electron chi connectivity index (χ2n) is 3.51. The van der Waals surface area contributed by atoms with Crippen molar-refractivity contribution >= 4 is 17.7 Å². The number of carbonyl (C=O) groups is 3. The second kappa shape index (κ2) is 3.77. The number of carbonyl (C=O) groups excluding carboxylic acids is 2. The van der Waals surface area contributed by atoms with Gasteiger partial charge in [-0.25, -0.2) is 4.79 Å². The van der Waals surface area contributed by atoms with Crippen LogP contribution in [0.25, 0.3) is 0 Å². The molecule has 1 aliphatic heterocycles.